The zero-order chi connectivity index (χ0) is 12.7. The molecular weight excluding hydrogens is 214 g/mol. The van der Waals surface area contributed by atoms with Gasteiger partial charge in [-0.1, -0.05) is 6.92 Å². The van der Waals surface area contributed by atoms with Gasteiger partial charge in [0.2, 0.25) is 0 Å². The predicted molar refractivity (Wildman–Crippen MR) is 72.5 cm³/mol. The fourth-order valence-corrected chi connectivity index (χ4v) is 2.44. The van der Waals surface area contributed by atoms with Crippen molar-refractivity contribution in [2.75, 3.05) is 53.5 Å². The van der Waals surface area contributed by atoms with E-state index in [4.69, 9.17) is 4.74 Å². The average Bonchev–Trinajstić information content (AvgIpc) is 2.31. The van der Waals surface area contributed by atoms with Crippen molar-refractivity contribution in [2.45, 2.75) is 32.4 Å². The number of piperazine rings is 1. The monoisotopic (exact) mass is 243 g/mol. The SMILES string of the molecule is CCNC(COCC)CC1CN(C)CCN1C. The van der Waals surface area contributed by atoms with Crippen LogP contribution in [0.3, 0.4) is 0 Å². The number of nitrogens with one attached hydrogen (secondary N) is 1. The fourth-order valence-electron chi connectivity index (χ4n) is 2.44. The minimum absolute atomic E-state index is 0.485. The summed E-state index contributed by atoms with van der Waals surface area (Å²) in [5, 5.41) is 3.53. The lowest BCUT2D eigenvalue weighted by atomic mass is 10.0. The van der Waals surface area contributed by atoms with Crippen LogP contribution >= 0.6 is 0 Å². The summed E-state index contributed by atoms with van der Waals surface area (Å²) in [5.41, 5.74) is 0. The topological polar surface area (TPSA) is 27.7 Å². The van der Waals surface area contributed by atoms with Gasteiger partial charge in [0.25, 0.3) is 0 Å². The standard InChI is InChI=1S/C13H29N3O/c1-5-14-12(11-17-6-2)9-13-10-15(3)7-8-16(13)4/h12-14H,5-11H2,1-4H3. The molecule has 4 heteroatoms. The molecule has 17 heavy (non-hydrogen) atoms. The molecule has 1 saturated heterocycles. The molecule has 0 saturated carbocycles. The zero-order valence-corrected chi connectivity index (χ0v) is 11.9. The van der Waals surface area contributed by atoms with Gasteiger partial charge in [0.15, 0.2) is 0 Å². The van der Waals surface area contributed by atoms with Crippen LogP contribution in [0.2, 0.25) is 0 Å². The number of hydrogen-bond acceptors (Lipinski definition) is 4. The molecule has 0 amide bonds. The Kier molecular flexibility index (Phi) is 7.04. The summed E-state index contributed by atoms with van der Waals surface area (Å²) in [7, 11) is 4.45. The second-order valence-corrected chi connectivity index (χ2v) is 5.05. The van der Waals surface area contributed by atoms with Crippen molar-refractivity contribution < 1.29 is 4.74 Å². The highest BCUT2D eigenvalue weighted by atomic mass is 16.5. The Morgan fingerprint density at radius 3 is 2.71 bits per heavy atom. The molecule has 1 heterocycles. The van der Waals surface area contributed by atoms with Crippen LogP contribution in [-0.4, -0.2) is 75.4 Å². The van der Waals surface area contributed by atoms with Crippen LogP contribution in [0, 0.1) is 0 Å². The van der Waals surface area contributed by atoms with Gasteiger partial charge in [-0.25, -0.2) is 0 Å². The van der Waals surface area contributed by atoms with E-state index in [-0.39, 0.29) is 0 Å². The van der Waals surface area contributed by atoms with E-state index in [0.29, 0.717) is 12.1 Å². The lowest BCUT2D eigenvalue weighted by molar-refractivity contribution is 0.0749. The molecule has 0 aromatic rings. The second kappa shape index (κ2) is 8.03. The third-order valence-corrected chi connectivity index (χ3v) is 3.55. The van der Waals surface area contributed by atoms with Crippen molar-refractivity contribution >= 4 is 0 Å². The van der Waals surface area contributed by atoms with Crippen molar-refractivity contribution in [2.24, 2.45) is 0 Å². The van der Waals surface area contributed by atoms with Gasteiger partial charge < -0.3 is 19.9 Å². The predicted octanol–water partition coefficient (Wildman–Crippen LogP) is 0.637. The molecular formula is C13H29N3O. The molecule has 0 aromatic heterocycles. The smallest absolute Gasteiger partial charge is 0.0620 e. The summed E-state index contributed by atoms with van der Waals surface area (Å²) in [5.74, 6) is 0. The van der Waals surface area contributed by atoms with Crippen LogP contribution in [0.4, 0.5) is 0 Å². The van der Waals surface area contributed by atoms with E-state index in [1.165, 1.54) is 26.1 Å². The molecule has 1 aliphatic heterocycles. The summed E-state index contributed by atoms with van der Waals surface area (Å²) in [6, 6.07) is 1.14. The Morgan fingerprint density at radius 1 is 1.29 bits per heavy atom. The number of rotatable bonds is 7. The van der Waals surface area contributed by atoms with E-state index in [1.807, 2.05) is 0 Å². The maximum Gasteiger partial charge on any atom is 0.0620 e. The molecule has 0 radical (unpaired) electrons. The molecule has 1 aliphatic rings. The van der Waals surface area contributed by atoms with E-state index in [9.17, 15) is 0 Å². The van der Waals surface area contributed by atoms with Crippen molar-refractivity contribution in [3.05, 3.63) is 0 Å². The Morgan fingerprint density at radius 2 is 2.06 bits per heavy atom. The molecule has 0 spiro atoms. The lowest BCUT2D eigenvalue weighted by Gasteiger charge is -2.39. The first-order chi connectivity index (χ1) is 8.17. The third kappa shape index (κ3) is 5.34. The molecule has 102 valence electrons. The maximum atomic E-state index is 5.56. The largest absolute Gasteiger partial charge is 0.380 e. The Balaban J connectivity index is 2.40. The Bertz CT molecular complexity index is 201. The van der Waals surface area contributed by atoms with E-state index in [0.717, 1.165) is 19.8 Å². The molecule has 1 fully saturated rings. The summed E-state index contributed by atoms with van der Waals surface area (Å²) in [6.07, 6.45) is 1.18. The summed E-state index contributed by atoms with van der Waals surface area (Å²) in [4.78, 5) is 4.91. The normalized spacial score (nSPS) is 25.1. The second-order valence-electron chi connectivity index (χ2n) is 5.05. The van der Waals surface area contributed by atoms with Gasteiger partial charge in [-0.05, 0) is 34.0 Å². The van der Waals surface area contributed by atoms with Crippen LogP contribution in [0.25, 0.3) is 0 Å². The molecule has 0 aliphatic carbocycles. The molecule has 0 aromatic carbocycles. The molecule has 2 unspecified atom stereocenters. The maximum absolute atomic E-state index is 5.56. The van der Waals surface area contributed by atoms with Gasteiger partial charge >= 0.3 is 0 Å². The van der Waals surface area contributed by atoms with Gasteiger partial charge in [-0.3, -0.25) is 0 Å². The quantitative estimate of drug-likeness (QED) is 0.710. The first kappa shape index (κ1) is 14.9. The van der Waals surface area contributed by atoms with Gasteiger partial charge in [0.1, 0.15) is 0 Å². The highest BCUT2D eigenvalue weighted by Crippen LogP contribution is 2.12. The van der Waals surface area contributed by atoms with E-state index in [2.05, 4.69) is 43.1 Å². The van der Waals surface area contributed by atoms with Gasteiger partial charge in [0.05, 0.1) is 6.61 Å². The van der Waals surface area contributed by atoms with Crippen LogP contribution in [0.5, 0.6) is 0 Å². The summed E-state index contributed by atoms with van der Waals surface area (Å²) in [6.45, 7) is 10.4. The highest BCUT2D eigenvalue weighted by molar-refractivity contribution is 4.83. The molecule has 4 nitrogen and oxygen atoms in total. The Labute approximate surface area is 106 Å². The Hall–Kier alpha value is -0.160. The van der Waals surface area contributed by atoms with Crippen LogP contribution < -0.4 is 5.32 Å². The third-order valence-electron chi connectivity index (χ3n) is 3.55. The van der Waals surface area contributed by atoms with Gasteiger partial charge in [-0.15, -0.1) is 0 Å². The lowest BCUT2D eigenvalue weighted by Crippen LogP contribution is -2.52. The minimum atomic E-state index is 0.485. The van der Waals surface area contributed by atoms with Crippen LogP contribution in [0.1, 0.15) is 20.3 Å². The minimum Gasteiger partial charge on any atom is -0.380 e. The molecule has 1 N–H and O–H groups in total. The van der Waals surface area contributed by atoms with Crippen molar-refractivity contribution in [1.82, 2.24) is 15.1 Å². The van der Waals surface area contributed by atoms with Gasteiger partial charge in [-0.2, -0.15) is 0 Å². The van der Waals surface area contributed by atoms with Crippen molar-refractivity contribution in [1.29, 1.82) is 0 Å². The van der Waals surface area contributed by atoms with E-state index in [1.54, 1.807) is 0 Å². The van der Waals surface area contributed by atoms with Crippen molar-refractivity contribution in [3.8, 4) is 0 Å². The highest BCUT2D eigenvalue weighted by Gasteiger charge is 2.24. The zero-order valence-electron chi connectivity index (χ0n) is 11.9. The van der Waals surface area contributed by atoms with Crippen molar-refractivity contribution in [3.63, 3.8) is 0 Å². The first-order valence-electron chi connectivity index (χ1n) is 6.87. The summed E-state index contributed by atoms with van der Waals surface area (Å²) >= 11 is 0. The number of hydrogen-bond donors (Lipinski definition) is 1. The van der Waals surface area contributed by atoms with Crippen LogP contribution in [0.15, 0.2) is 0 Å². The number of nitrogens with zero attached hydrogens (tertiary/aromatic N) is 2. The molecule has 2 atom stereocenters. The molecule has 0 bridgehead atoms. The first-order valence-corrected chi connectivity index (χ1v) is 6.87. The van der Waals surface area contributed by atoms with E-state index < -0.39 is 0 Å². The number of likely N-dealkylation sites (N-methyl/N-ethyl adjacent to an activating group) is 3. The van der Waals surface area contributed by atoms with Gasteiger partial charge in [0, 0.05) is 38.3 Å². The molecule has 1 rings (SSSR count). The van der Waals surface area contributed by atoms with E-state index >= 15 is 0 Å². The number of ether oxygens (including phenoxy) is 1. The average molecular weight is 243 g/mol. The van der Waals surface area contributed by atoms with Crippen LogP contribution in [-0.2, 0) is 4.74 Å². The summed E-state index contributed by atoms with van der Waals surface area (Å²) < 4.78 is 5.56. The fraction of sp³-hybridized carbons (Fsp3) is 1.00.